The van der Waals surface area contributed by atoms with Crippen molar-refractivity contribution in [3.05, 3.63) is 35.9 Å². The van der Waals surface area contributed by atoms with Gasteiger partial charge in [0.25, 0.3) is 0 Å². The lowest BCUT2D eigenvalue weighted by Gasteiger charge is -2.02. The van der Waals surface area contributed by atoms with E-state index in [0.717, 1.165) is 5.56 Å². The molecule has 0 fully saturated rings. The van der Waals surface area contributed by atoms with Crippen molar-refractivity contribution in [3.63, 3.8) is 0 Å². The lowest BCUT2D eigenvalue weighted by atomic mass is 10.2. The maximum atomic E-state index is 10.6. The van der Waals surface area contributed by atoms with Gasteiger partial charge in [-0.1, -0.05) is 24.3 Å². The molecule has 0 aliphatic carbocycles. The van der Waals surface area contributed by atoms with Gasteiger partial charge < -0.3 is 10.1 Å². The minimum atomic E-state index is -0.414. The van der Waals surface area contributed by atoms with Gasteiger partial charge in [0.15, 0.2) is 0 Å². The van der Waals surface area contributed by atoms with Gasteiger partial charge in [0, 0.05) is 7.05 Å². The van der Waals surface area contributed by atoms with E-state index in [0.29, 0.717) is 6.61 Å². The summed E-state index contributed by atoms with van der Waals surface area (Å²) < 4.78 is 4.81. The topological polar surface area (TPSA) is 38.3 Å². The number of carbonyl (C=O) groups excluding carboxylic acids is 1. The number of amides is 1. The molecule has 3 heteroatoms. The molecular weight excluding hydrogens is 154 g/mol. The molecule has 0 aliphatic rings. The summed E-state index contributed by atoms with van der Waals surface area (Å²) in [6, 6.07) is 10.1. The van der Waals surface area contributed by atoms with Crippen molar-refractivity contribution in [2.24, 2.45) is 0 Å². The molecule has 63 valence electrons. The Morgan fingerprint density at radius 2 is 2.25 bits per heavy atom. The zero-order chi connectivity index (χ0) is 8.81. The van der Waals surface area contributed by atoms with Gasteiger partial charge in [0.2, 0.25) is 0 Å². The van der Waals surface area contributed by atoms with Crippen molar-refractivity contribution in [3.8, 4) is 0 Å². The summed E-state index contributed by atoms with van der Waals surface area (Å²) >= 11 is 0. The number of ether oxygens (including phenoxy) is 1. The van der Waals surface area contributed by atoms with Crippen LogP contribution >= 0.6 is 0 Å². The molecular formula is C9H10NO2. The van der Waals surface area contributed by atoms with Crippen molar-refractivity contribution in [2.45, 2.75) is 6.61 Å². The fourth-order valence-corrected chi connectivity index (χ4v) is 0.739. The molecule has 0 heterocycles. The molecule has 12 heavy (non-hydrogen) atoms. The van der Waals surface area contributed by atoms with Gasteiger partial charge in [0.1, 0.15) is 6.61 Å². The molecule has 1 N–H and O–H groups in total. The molecule has 0 aliphatic heterocycles. The first-order valence-corrected chi connectivity index (χ1v) is 3.62. The van der Waals surface area contributed by atoms with Crippen molar-refractivity contribution in [1.82, 2.24) is 5.32 Å². The summed E-state index contributed by atoms with van der Waals surface area (Å²) in [5.74, 6) is 0. The minimum Gasteiger partial charge on any atom is -0.445 e. The predicted molar refractivity (Wildman–Crippen MR) is 44.5 cm³/mol. The van der Waals surface area contributed by atoms with E-state index in [1.54, 1.807) is 12.1 Å². The second-order valence-electron chi connectivity index (χ2n) is 2.23. The average Bonchev–Trinajstić information content (AvgIpc) is 2.16. The molecule has 3 nitrogen and oxygen atoms in total. The first kappa shape index (κ1) is 8.59. The monoisotopic (exact) mass is 164 g/mol. The SMILES string of the molecule is CNC(=O)OCc1cc[c]cc1. The van der Waals surface area contributed by atoms with Crippen molar-refractivity contribution >= 4 is 6.09 Å². The molecule has 0 unspecified atom stereocenters. The number of carbonyl (C=O) groups is 1. The van der Waals surface area contributed by atoms with Gasteiger partial charge >= 0.3 is 6.09 Å². The Morgan fingerprint density at radius 3 is 2.83 bits per heavy atom. The number of benzene rings is 1. The number of nitrogens with one attached hydrogen (secondary N) is 1. The van der Waals surface area contributed by atoms with Gasteiger partial charge in [-0.15, -0.1) is 0 Å². The third-order valence-electron chi connectivity index (χ3n) is 1.36. The maximum absolute atomic E-state index is 10.6. The average molecular weight is 164 g/mol. The van der Waals surface area contributed by atoms with E-state index in [1.807, 2.05) is 12.1 Å². The van der Waals surface area contributed by atoms with Crippen molar-refractivity contribution in [1.29, 1.82) is 0 Å². The highest BCUT2D eigenvalue weighted by Gasteiger charge is 1.97. The second kappa shape index (κ2) is 4.38. The Labute approximate surface area is 71.4 Å². The van der Waals surface area contributed by atoms with Crippen LogP contribution in [-0.4, -0.2) is 13.1 Å². The summed E-state index contributed by atoms with van der Waals surface area (Å²) in [5, 5.41) is 2.37. The molecule has 1 amide bonds. The Kier molecular flexibility index (Phi) is 3.14. The first-order chi connectivity index (χ1) is 5.83. The van der Waals surface area contributed by atoms with E-state index in [9.17, 15) is 4.79 Å². The van der Waals surface area contributed by atoms with Crippen LogP contribution < -0.4 is 5.32 Å². The second-order valence-corrected chi connectivity index (χ2v) is 2.23. The fourth-order valence-electron chi connectivity index (χ4n) is 0.739. The molecule has 0 saturated heterocycles. The van der Waals surface area contributed by atoms with Crippen LogP contribution in [0.3, 0.4) is 0 Å². The molecule has 0 aromatic heterocycles. The minimum absolute atomic E-state index is 0.300. The van der Waals surface area contributed by atoms with E-state index >= 15 is 0 Å². The van der Waals surface area contributed by atoms with Crippen molar-refractivity contribution < 1.29 is 9.53 Å². The normalized spacial score (nSPS) is 9.08. The van der Waals surface area contributed by atoms with E-state index in [4.69, 9.17) is 4.74 Å². The third kappa shape index (κ3) is 2.62. The summed E-state index contributed by atoms with van der Waals surface area (Å²) in [5.41, 5.74) is 0.956. The smallest absolute Gasteiger partial charge is 0.407 e. The number of hydrogen-bond donors (Lipinski definition) is 1. The Morgan fingerprint density at radius 1 is 1.58 bits per heavy atom. The molecule has 0 spiro atoms. The van der Waals surface area contributed by atoms with Gasteiger partial charge in [-0.3, -0.25) is 0 Å². The number of alkyl carbamates (subject to hydrolysis) is 1. The van der Waals surface area contributed by atoms with Gasteiger partial charge in [0.05, 0.1) is 0 Å². The summed E-state index contributed by atoms with van der Waals surface area (Å²) in [7, 11) is 1.53. The van der Waals surface area contributed by atoms with Crippen molar-refractivity contribution in [2.75, 3.05) is 7.05 Å². The fraction of sp³-hybridized carbons (Fsp3) is 0.222. The molecule has 1 aromatic carbocycles. The Hall–Kier alpha value is -1.51. The lowest BCUT2D eigenvalue weighted by molar-refractivity contribution is 0.142. The Balaban J connectivity index is 2.38. The molecule has 1 rings (SSSR count). The first-order valence-electron chi connectivity index (χ1n) is 3.62. The number of rotatable bonds is 2. The van der Waals surface area contributed by atoms with Crippen LogP contribution in [0.25, 0.3) is 0 Å². The van der Waals surface area contributed by atoms with Crippen LogP contribution in [0, 0.1) is 6.07 Å². The maximum Gasteiger partial charge on any atom is 0.407 e. The highest BCUT2D eigenvalue weighted by molar-refractivity contribution is 5.66. The molecule has 0 atom stereocenters. The van der Waals surface area contributed by atoms with Crippen LogP contribution in [0.5, 0.6) is 0 Å². The quantitative estimate of drug-likeness (QED) is 0.716. The van der Waals surface area contributed by atoms with Crippen LogP contribution in [0.15, 0.2) is 24.3 Å². The summed E-state index contributed by atoms with van der Waals surface area (Å²) in [6.07, 6.45) is -0.414. The highest BCUT2D eigenvalue weighted by Crippen LogP contribution is 1.99. The van der Waals surface area contributed by atoms with E-state index in [1.165, 1.54) is 7.05 Å². The van der Waals surface area contributed by atoms with Gasteiger partial charge in [-0.25, -0.2) is 4.79 Å². The molecule has 0 saturated carbocycles. The lowest BCUT2D eigenvalue weighted by Crippen LogP contribution is -2.18. The number of hydrogen-bond acceptors (Lipinski definition) is 2. The summed E-state index contributed by atoms with van der Waals surface area (Å²) in [4.78, 5) is 10.6. The third-order valence-corrected chi connectivity index (χ3v) is 1.36. The zero-order valence-corrected chi connectivity index (χ0v) is 6.83. The van der Waals surface area contributed by atoms with Gasteiger partial charge in [-0.2, -0.15) is 0 Å². The Bertz CT molecular complexity index is 246. The summed E-state index contributed by atoms with van der Waals surface area (Å²) in [6.45, 7) is 0.300. The molecule has 1 aromatic rings. The van der Waals surface area contributed by atoms with Crippen LogP contribution in [0.1, 0.15) is 5.56 Å². The van der Waals surface area contributed by atoms with E-state index in [-0.39, 0.29) is 0 Å². The standard InChI is InChI=1S/C9H10NO2/c1-10-9(11)12-7-8-5-3-2-4-6-8/h3-6H,7H2,1H3,(H,10,11). The molecule has 1 radical (unpaired) electrons. The van der Waals surface area contributed by atoms with Crippen LogP contribution in [0.2, 0.25) is 0 Å². The van der Waals surface area contributed by atoms with E-state index in [2.05, 4.69) is 11.4 Å². The van der Waals surface area contributed by atoms with Crippen LogP contribution in [-0.2, 0) is 11.3 Å². The molecule has 0 bridgehead atoms. The highest BCUT2D eigenvalue weighted by atomic mass is 16.5. The van der Waals surface area contributed by atoms with Gasteiger partial charge in [-0.05, 0) is 11.6 Å². The van der Waals surface area contributed by atoms with E-state index < -0.39 is 6.09 Å². The van der Waals surface area contributed by atoms with Crippen LogP contribution in [0.4, 0.5) is 4.79 Å². The largest absolute Gasteiger partial charge is 0.445 e. The zero-order valence-electron chi connectivity index (χ0n) is 6.83. The predicted octanol–water partition coefficient (Wildman–Crippen LogP) is 1.34.